The van der Waals surface area contributed by atoms with Crippen LogP contribution in [0.25, 0.3) is 11.1 Å². The molecule has 0 radical (unpaired) electrons. The lowest BCUT2D eigenvalue weighted by atomic mass is 9.88. The first-order valence-corrected chi connectivity index (χ1v) is 7.71. The zero-order chi connectivity index (χ0) is 13.9. The quantitative estimate of drug-likeness (QED) is 0.869. The number of fused-ring (bicyclic) bond motifs is 1. The van der Waals surface area contributed by atoms with E-state index < -0.39 is 0 Å². The van der Waals surface area contributed by atoms with Crippen LogP contribution in [0.5, 0.6) is 0 Å². The fraction of sp³-hybridized carbons (Fsp3) is 0.333. The Morgan fingerprint density at radius 2 is 1.80 bits per heavy atom. The van der Waals surface area contributed by atoms with Crippen LogP contribution < -0.4 is 5.32 Å². The van der Waals surface area contributed by atoms with Crippen molar-refractivity contribution in [1.82, 2.24) is 5.32 Å². The van der Waals surface area contributed by atoms with Crippen LogP contribution in [0, 0.1) is 0 Å². The summed E-state index contributed by atoms with van der Waals surface area (Å²) < 4.78 is 0. The monoisotopic (exact) mass is 285 g/mol. The summed E-state index contributed by atoms with van der Waals surface area (Å²) in [5.41, 5.74) is 6.92. The molecule has 0 heterocycles. The highest BCUT2D eigenvalue weighted by Crippen LogP contribution is 2.30. The van der Waals surface area contributed by atoms with Gasteiger partial charge in [-0.1, -0.05) is 35.9 Å². The first-order chi connectivity index (χ1) is 9.78. The van der Waals surface area contributed by atoms with Crippen molar-refractivity contribution in [2.24, 2.45) is 0 Å². The van der Waals surface area contributed by atoms with Crippen LogP contribution in [0.15, 0.2) is 36.4 Å². The largest absolute Gasteiger partial charge is 0.316 e. The molecule has 1 N–H and O–H groups in total. The standard InChI is InChI=1S/C18H20ClN/c1-20-12-16-11-17(19)8-9-18(16)15-7-6-13-4-2-3-5-14(13)10-15/h6-11,20H,2-5,12H2,1H3. The van der Waals surface area contributed by atoms with Gasteiger partial charge in [0.1, 0.15) is 0 Å². The van der Waals surface area contributed by atoms with Crippen LogP contribution in [-0.4, -0.2) is 7.05 Å². The van der Waals surface area contributed by atoms with Crippen LogP contribution in [0.1, 0.15) is 29.5 Å². The molecular formula is C18H20ClN. The molecule has 0 aromatic heterocycles. The van der Waals surface area contributed by atoms with Crippen molar-refractivity contribution in [3.05, 3.63) is 58.1 Å². The average molecular weight is 286 g/mol. The van der Waals surface area contributed by atoms with Crippen LogP contribution >= 0.6 is 11.6 Å². The molecular weight excluding hydrogens is 266 g/mol. The van der Waals surface area contributed by atoms with Gasteiger partial charge >= 0.3 is 0 Å². The smallest absolute Gasteiger partial charge is 0.0409 e. The molecule has 104 valence electrons. The number of halogens is 1. The maximum atomic E-state index is 6.13. The van der Waals surface area contributed by atoms with Gasteiger partial charge in [0, 0.05) is 11.6 Å². The van der Waals surface area contributed by atoms with Crippen molar-refractivity contribution in [2.45, 2.75) is 32.2 Å². The van der Waals surface area contributed by atoms with Gasteiger partial charge in [-0.3, -0.25) is 0 Å². The van der Waals surface area contributed by atoms with E-state index in [1.807, 2.05) is 13.1 Å². The van der Waals surface area contributed by atoms with Crippen molar-refractivity contribution in [2.75, 3.05) is 7.05 Å². The number of hydrogen-bond acceptors (Lipinski definition) is 1. The summed E-state index contributed by atoms with van der Waals surface area (Å²) in [7, 11) is 1.97. The van der Waals surface area contributed by atoms with E-state index in [-0.39, 0.29) is 0 Å². The highest BCUT2D eigenvalue weighted by molar-refractivity contribution is 6.30. The summed E-state index contributed by atoms with van der Waals surface area (Å²) in [4.78, 5) is 0. The summed E-state index contributed by atoms with van der Waals surface area (Å²) in [6.45, 7) is 0.840. The van der Waals surface area contributed by atoms with Crippen LogP contribution in [0.4, 0.5) is 0 Å². The number of benzene rings is 2. The number of hydrogen-bond donors (Lipinski definition) is 1. The summed E-state index contributed by atoms with van der Waals surface area (Å²) >= 11 is 6.13. The molecule has 2 heteroatoms. The summed E-state index contributed by atoms with van der Waals surface area (Å²) in [6.07, 6.45) is 5.11. The Labute approximate surface area is 126 Å². The molecule has 0 spiro atoms. The first-order valence-electron chi connectivity index (χ1n) is 7.33. The second-order valence-corrected chi connectivity index (χ2v) is 5.96. The summed E-state index contributed by atoms with van der Waals surface area (Å²) in [6, 6.07) is 13.1. The normalized spacial score (nSPS) is 14.1. The highest BCUT2D eigenvalue weighted by Gasteiger charge is 2.12. The molecule has 3 rings (SSSR count). The molecule has 0 unspecified atom stereocenters. The molecule has 0 aliphatic heterocycles. The Morgan fingerprint density at radius 1 is 1.00 bits per heavy atom. The van der Waals surface area contributed by atoms with E-state index in [4.69, 9.17) is 11.6 Å². The third-order valence-electron chi connectivity index (χ3n) is 4.09. The predicted molar refractivity (Wildman–Crippen MR) is 86.3 cm³/mol. The van der Waals surface area contributed by atoms with Crippen molar-refractivity contribution in [3.63, 3.8) is 0 Å². The SMILES string of the molecule is CNCc1cc(Cl)ccc1-c1ccc2c(c1)CCCC2. The van der Waals surface area contributed by atoms with E-state index in [2.05, 4.69) is 35.6 Å². The molecule has 0 atom stereocenters. The van der Waals surface area contributed by atoms with Crippen molar-refractivity contribution >= 4 is 11.6 Å². The molecule has 1 aliphatic rings. The van der Waals surface area contributed by atoms with Gasteiger partial charge in [-0.15, -0.1) is 0 Å². The van der Waals surface area contributed by atoms with Gasteiger partial charge in [-0.05, 0) is 72.7 Å². The van der Waals surface area contributed by atoms with Crippen molar-refractivity contribution in [1.29, 1.82) is 0 Å². The summed E-state index contributed by atoms with van der Waals surface area (Å²) in [5.74, 6) is 0. The number of rotatable bonds is 3. The van der Waals surface area contributed by atoms with Gasteiger partial charge in [-0.25, -0.2) is 0 Å². The van der Waals surface area contributed by atoms with Gasteiger partial charge < -0.3 is 5.32 Å². The number of nitrogens with one attached hydrogen (secondary N) is 1. The second kappa shape index (κ2) is 5.99. The predicted octanol–water partition coefficient (Wildman–Crippen LogP) is 4.61. The molecule has 1 aliphatic carbocycles. The zero-order valence-electron chi connectivity index (χ0n) is 11.9. The summed E-state index contributed by atoms with van der Waals surface area (Å²) in [5, 5.41) is 4.03. The fourth-order valence-corrected chi connectivity index (χ4v) is 3.28. The molecule has 0 bridgehead atoms. The average Bonchev–Trinajstić information content (AvgIpc) is 2.47. The van der Waals surface area contributed by atoms with Gasteiger partial charge in [-0.2, -0.15) is 0 Å². The van der Waals surface area contributed by atoms with Gasteiger partial charge in [0.2, 0.25) is 0 Å². The van der Waals surface area contributed by atoms with Crippen LogP contribution in [-0.2, 0) is 19.4 Å². The van der Waals surface area contributed by atoms with E-state index in [0.717, 1.165) is 11.6 Å². The molecule has 0 amide bonds. The van der Waals surface area contributed by atoms with Crippen LogP contribution in [0.2, 0.25) is 5.02 Å². The van der Waals surface area contributed by atoms with E-state index in [1.165, 1.54) is 53.5 Å². The lowest BCUT2D eigenvalue weighted by molar-refractivity contribution is 0.686. The lowest BCUT2D eigenvalue weighted by Gasteiger charge is -2.18. The second-order valence-electron chi connectivity index (χ2n) is 5.52. The Morgan fingerprint density at radius 3 is 2.60 bits per heavy atom. The molecule has 1 nitrogen and oxygen atoms in total. The Hall–Kier alpha value is -1.31. The molecule has 20 heavy (non-hydrogen) atoms. The highest BCUT2D eigenvalue weighted by atomic mass is 35.5. The molecule has 0 saturated carbocycles. The molecule has 0 saturated heterocycles. The topological polar surface area (TPSA) is 12.0 Å². The Kier molecular flexibility index (Phi) is 4.09. The van der Waals surface area contributed by atoms with E-state index in [1.54, 1.807) is 0 Å². The van der Waals surface area contributed by atoms with Gasteiger partial charge in [0.05, 0.1) is 0 Å². The van der Waals surface area contributed by atoms with Crippen molar-refractivity contribution in [3.8, 4) is 11.1 Å². The molecule has 2 aromatic rings. The minimum absolute atomic E-state index is 0.803. The first kappa shape index (κ1) is 13.7. The third kappa shape index (κ3) is 2.74. The third-order valence-corrected chi connectivity index (χ3v) is 4.33. The Bertz CT molecular complexity index is 619. The maximum absolute atomic E-state index is 6.13. The van der Waals surface area contributed by atoms with Crippen molar-refractivity contribution < 1.29 is 0 Å². The minimum atomic E-state index is 0.803. The lowest BCUT2D eigenvalue weighted by Crippen LogP contribution is -2.07. The number of aryl methyl sites for hydroxylation is 2. The molecule has 0 fully saturated rings. The Balaban J connectivity index is 2.04. The molecule has 2 aromatic carbocycles. The van der Waals surface area contributed by atoms with E-state index >= 15 is 0 Å². The zero-order valence-corrected chi connectivity index (χ0v) is 12.6. The van der Waals surface area contributed by atoms with Gasteiger partial charge in [0.25, 0.3) is 0 Å². The van der Waals surface area contributed by atoms with Crippen LogP contribution in [0.3, 0.4) is 0 Å². The fourth-order valence-electron chi connectivity index (χ4n) is 3.08. The van der Waals surface area contributed by atoms with E-state index in [9.17, 15) is 0 Å². The van der Waals surface area contributed by atoms with Gasteiger partial charge in [0.15, 0.2) is 0 Å². The van der Waals surface area contributed by atoms with E-state index in [0.29, 0.717) is 0 Å². The maximum Gasteiger partial charge on any atom is 0.0409 e. The minimum Gasteiger partial charge on any atom is -0.316 e.